The molecule has 2 nitrogen and oxygen atoms in total. The van der Waals surface area contributed by atoms with Crippen LogP contribution in [0.3, 0.4) is 0 Å². The maximum Gasteiger partial charge on any atom is 0.129 e. The number of morpholine rings is 1. The van der Waals surface area contributed by atoms with Crippen molar-refractivity contribution in [2.24, 2.45) is 5.92 Å². The Morgan fingerprint density at radius 2 is 2.11 bits per heavy atom. The van der Waals surface area contributed by atoms with Gasteiger partial charge in [-0.2, -0.15) is 0 Å². The Kier molecular flexibility index (Phi) is 4.36. The molecule has 0 saturated carbocycles. The van der Waals surface area contributed by atoms with Crippen LogP contribution < -0.4 is 5.32 Å². The highest BCUT2D eigenvalue weighted by molar-refractivity contribution is 5.21. The quantitative estimate of drug-likeness (QED) is 0.890. The molecule has 1 heterocycles. The molecule has 3 unspecified atom stereocenters. The van der Waals surface area contributed by atoms with Gasteiger partial charge in [-0.1, -0.05) is 32.0 Å². The summed E-state index contributed by atoms with van der Waals surface area (Å²) in [5, 5.41) is 3.42. The lowest BCUT2D eigenvalue weighted by atomic mass is 9.98. The van der Waals surface area contributed by atoms with E-state index in [0.29, 0.717) is 11.5 Å². The van der Waals surface area contributed by atoms with Gasteiger partial charge in [0, 0.05) is 18.2 Å². The van der Waals surface area contributed by atoms with Gasteiger partial charge in [0.25, 0.3) is 0 Å². The van der Waals surface area contributed by atoms with E-state index in [1.807, 2.05) is 19.1 Å². The number of rotatable bonds is 3. The minimum atomic E-state index is -0.191. The van der Waals surface area contributed by atoms with Crippen molar-refractivity contribution in [1.82, 2.24) is 5.32 Å². The van der Waals surface area contributed by atoms with E-state index in [2.05, 4.69) is 19.2 Å². The number of hydrogen-bond donors (Lipinski definition) is 1. The van der Waals surface area contributed by atoms with Gasteiger partial charge in [-0.3, -0.25) is 0 Å². The zero-order valence-electron chi connectivity index (χ0n) is 11.3. The van der Waals surface area contributed by atoms with Crippen LogP contribution in [0.25, 0.3) is 0 Å². The molecule has 0 aliphatic carbocycles. The van der Waals surface area contributed by atoms with Gasteiger partial charge in [-0.25, -0.2) is 4.39 Å². The van der Waals surface area contributed by atoms with E-state index in [-0.39, 0.29) is 24.1 Å². The van der Waals surface area contributed by atoms with Crippen molar-refractivity contribution < 1.29 is 9.13 Å². The van der Waals surface area contributed by atoms with Gasteiger partial charge in [0.2, 0.25) is 0 Å². The summed E-state index contributed by atoms with van der Waals surface area (Å²) in [5.74, 6) is 0.410. The summed E-state index contributed by atoms with van der Waals surface area (Å²) in [5.41, 5.74) is 0.658. The summed E-state index contributed by atoms with van der Waals surface area (Å²) in [6.45, 7) is 7.26. The smallest absolute Gasteiger partial charge is 0.129 e. The van der Waals surface area contributed by atoms with Crippen LogP contribution in [0.5, 0.6) is 0 Å². The van der Waals surface area contributed by atoms with Gasteiger partial charge >= 0.3 is 0 Å². The van der Waals surface area contributed by atoms with Crippen LogP contribution in [0.4, 0.5) is 4.39 Å². The molecule has 3 heteroatoms. The Labute approximate surface area is 109 Å². The fraction of sp³-hybridized carbons (Fsp3) is 0.600. The predicted octanol–water partition coefficient (Wildman–Crippen LogP) is 3.29. The van der Waals surface area contributed by atoms with Crippen molar-refractivity contribution in [2.45, 2.75) is 45.4 Å². The van der Waals surface area contributed by atoms with Gasteiger partial charge in [0.1, 0.15) is 11.9 Å². The molecule has 1 saturated heterocycles. The van der Waals surface area contributed by atoms with Crippen molar-refractivity contribution in [3.63, 3.8) is 0 Å². The van der Waals surface area contributed by atoms with Crippen molar-refractivity contribution in [3.05, 3.63) is 35.6 Å². The van der Waals surface area contributed by atoms with Crippen LogP contribution in [0.2, 0.25) is 0 Å². The van der Waals surface area contributed by atoms with Crippen LogP contribution in [-0.4, -0.2) is 18.7 Å². The maximum atomic E-state index is 13.8. The largest absolute Gasteiger partial charge is 0.367 e. The number of halogens is 1. The number of ether oxygens (including phenoxy) is 1. The summed E-state index contributed by atoms with van der Waals surface area (Å²) in [7, 11) is 0. The standard InChI is InChI=1S/C15H22FNO/c1-10(2)8-12-9-17-11(3)15(18-12)13-6-4-5-7-14(13)16/h4-7,10-12,15,17H,8-9H2,1-3H3. The molecule has 1 aromatic rings. The third-order valence-corrected chi connectivity index (χ3v) is 3.41. The summed E-state index contributed by atoms with van der Waals surface area (Å²) in [6, 6.07) is 7.03. The van der Waals surface area contributed by atoms with Crippen LogP contribution >= 0.6 is 0 Å². The minimum absolute atomic E-state index is 0.144. The van der Waals surface area contributed by atoms with Crippen LogP contribution in [0, 0.1) is 11.7 Å². The first-order valence-corrected chi connectivity index (χ1v) is 6.71. The summed E-state index contributed by atoms with van der Waals surface area (Å²) < 4.78 is 19.9. The average molecular weight is 251 g/mol. The third kappa shape index (κ3) is 3.09. The highest BCUT2D eigenvalue weighted by atomic mass is 19.1. The minimum Gasteiger partial charge on any atom is -0.367 e. The van der Waals surface area contributed by atoms with E-state index in [1.54, 1.807) is 6.07 Å². The van der Waals surface area contributed by atoms with Crippen molar-refractivity contribution in [1.29, 1.82) is 0 Å². The lowest BCUT2D eigenvalue weighted by molar-refractivity contribution is -0.0701. The number of hydrogen-bond acceptors (Lipinski definition) is 2. The highest BCUT2D eigenvalue weighted by Gasteiger charge is 2.30. The molecule has 3 atom stereocenters. The molecule has 18 heavy (non-hydrogen) atoms. The summed E-state index contributed by atoms with van der Waals surface area (Å²) in [4.78, 5) is 0. The molecule has 1 aliphatic heterocycles. The Morgan fingerprint density at radius 1 is 1.39 bits per heavy atom. The lowest BCUT2D eigenvalue weighted by Gasteiger charge is -2.37. The normalized spacial score (nSPS) is 28.6. The Morgan fingerprint density at radius 3 is 2.78 bits per heavy atom. The molecule has 0 spiro atoms. The van der Waals surface area contributed by atoms with E-state index in [0.717, 1.165) is 13.0 Å². The third-order valence-electron chi connectivity index (χ3n) is 3.41. The van der Waals surface area contributed by atoms with E-state index in [4.69, 9.17) is 4.74 Å². The molecule has 100 valence electrons. The molecule has 0 aromatic heterocycles. The first-order chi connectivity index (χ1) is 8.58. The average Bonchev–Trinajstić information content (AvgIpc) is 2.32. The predicted molar refractivity (Wildman–Crippen MR) is 70.9 cm³/mol. The molecule has 0 bridgehead atoms. The number of benzene rings is 1. The Bertz CT molecular complexity index is 394. The Hall–Kier alpha value is -0.930. The van der Waals surface area contributed by atoms with Gasteiger partial charge in [-0.15, -0.1) is 0 Å². The molecule has 1 N–H and O–H groups in total. The monoisotopic (exact) mass is 251 g/mol. The van der Waals surface area contributed by atoms with Crippen molar-refractivity contribution in [2.75, 3.05) is 6.54 Å². The van der Waals surface area contributed by atoms with Crippen LogP contribution in [-0.2, 0) is 4.74 Å². The lowest BCUT2D eigenvalue weighted by Crippen LogP contribution is -2.47. The zero-order valence-corrected chi connectivity index (χ0v) is 11.3. The van der Waals surface area contributed by atoms with Crippen molar-refractivity contribution >= 4 is 0 Å². The topological polar surface area (TPSA) is 21.3 Å². The second kappa shape index (κ2) is 5.81. The molecule has 0 radical (unpaired) electrons. The highest BCUT2D eigenvalue weighted by Crippen LogP contribution is 2.29. The Balaban J connectivity index is 2.13. The van der Waals surface area contributed by atoms with Crippen molar-refractivity contribution in [3.8, 4) is 0 Å². The molecule has 2 rings (SSSR count). The van der Waals surface area contributed by atoms with Gasteiger partial charge in [0.05, 0.1) is 6.10 Å². The first-order valence-electron chi connectivity index (χ1n) is 6.71. The first kappa shape index (κ1) is 13.5. The summed E-state index contributed by atoms with van der Waals surface area (Å²) >= 11 is 0. The second-order valence-electron chi connectivity index (χ2n) is 5.53. The molecule has 1 aliphatic rings. The van der Waals surface area contributed by atoms with E-state index >= 15 is 0 Å². The SMILES string of the molecule is CC(C)CC1CNC(C)C(c2ccccc2F)O1. The maximum absolute atomic E-state index is 13.8. The zero-order chi connectivity index (χ0) is 13.1. The fourth-order valence-corrected chi connectivity index (χ4v) is 2.51. The molecule has 1 aromatic carbocycles. The van der Waals surface area contributed by atoms with Gasteiger partial charge in [0.15, 0.2) is 0 Å². The second-order valence-corrected chi connectivity index (χ2v) is 5.53. The molecule has 0 amide bonds. The van der Waals surface area contributed by atoms with Crippen LogP contribution in [0.15, 0.2) is 24.3 Å². The fourth-order valence-electron chi connectivity index (χ4n) is 2.51. The van der Waals surface area contributed by atoms with Gasteiger partial charge < -0.3 is 10.1 Å². The number of nitrogens with one attached hydrogen (secondary N) is 1. The summed E-state index contributed by atoms with van der Waals surface area (Å²) in [6.07, 6.45) is 0.986. The van der Waals surface area contributed by atoms with Crippen LogP contribution in [0.1, 0.15) is 38.9 Å². The molecule has 1 fully saturated rings. The van der Waals surface area contributed by atoms with E-state index in [9.17, 15) is 4.39 Å². The molecular formula is C15H22FNO. The van der Waals surface area contributed by atoms with Gasteiger partial charge in [-0.05, 0) is 25.3 Å². The molecular weight excluding hydrogens is 229 g/mol. The van der Waals surface area contributed by atoms with E-state index < -0.39 is 0 Å². The van der Waals surface area contributed by atoms with E-state index in [1.165, 1.54) is 6.07 Å².